The van der Waals surface area contributed by atoms with Gasteiger partial charge in [-0.25, -0.2) is 0 Å². The minimum atomic E-state index is 0.0841. The van der Waals surface area contributed by atoms with Crippen LogP contribution in [0.4, 0.5) is 5.69 Å². The first-order valence-corrected chi connectivity index (χ1v) is 8.22. The summed E-state index contributed by atoms with van der Waals surface area (Å²) in [6.45, 7) is 5.71. The van der Waals surface area contributed by atoms with Crippen LogP contribution in [0.15, 0.2) is 93.8 Å². The molecule has 25 heavy (non-hydrogen) atoms. The summed E-state index contributed by atoms with van der Waals surface area (Å²) in [6.07, 6.45) is 5.33. The van der Waals surface area contributed by atoms with Gasteiger partial charge in [-0.1, -0.05) is 42.0 Å². The normalized spacial score (nSPS) is 14.5. The minimum absolute atomic E-state index is 0.0841. The van der Waals surface area contributed by atoms with Gasteiger partial charge in [0.15, 0.2) is 5.78 Å². The number of Topliss-reactive ketones (excluding diaryl/α,β-unsaturated/α-hetero) is 1. The lowest BCUT2D eigenvalue weighted by Crippen LogP contribution is -2.05. The van der Waals surface area contributed by atoms with Crippen LogP contribution < -0.4 is 0 Å². The number of ketones is 1. The first kappa shape index (κ1) is 16.8. The molecule has 0 radical (unpaired) electrons. The largest absolute Gasteiger partial charge is 0.289 e. The average molecular weight is 328 g/mol. The van der Waals surface area contributed by atoms with Crippen molar-refractivity contribution in [3.05, 3.63) is 89.2 Å². The Bertz CT molecular complexity index is 888. The molecular weight excluding hydrogens is 308 g/mol. The summed E-state index contributed by atoms with van der Waals surface area (Å²) in [6, 6.07) is 16.4. The molecule has 3 heteroatoms. The molecule has 3 nitrogen and oxygen atoms in total. The summed E-state index contributed by atoms with van der Waals surface area (Å²) in [7, 11) is 0. The highest BCUT2D eigenvalue weighted by molar-refractivity contribution is 6.09. The molecule has 0 aliphatic heterocycles. The van der Waals surface area contributed by atoms with Crippen molar-refractivity contribution in [2.75, 3.05) is 0 Å². The number of rotatable bonds is 3. The molecule has 1 aliphatic carbocycles. The highest BCUT2D eigenvalue weighted by Crippen LogP contribution is 2.23. The van der Waals surface area contributed by atoms with Gasteiger partial charge in [-0.05, 0) is 72.9 Å². The predicted octanol–water partition coefficient (Wildman–Crippen LogP) is 6.10. The summed E-state index contributed by atoms with van der Waals surface area (Å²) in [5.41, 5.74) is 6.72. The minimum Gasteiger partial charge on any atom is -0.289 e. The number of allylic oxidation sites excluding steroid dienone is 5. The van der Waals surface area contributed by atoms with E-state index in [2.05, 4.69) is 41.4 Å². The zero-order valence-corrected chi connectivity index (χ0v) is 14.7. The second kappa shape index (κ2) is 7.22. The Morgan fingerprint density at radius 2 is 1.28 bits per heavy atom. The number of nitrogens with zero attached hydrogens (tertiary/aromatic N) is 2. The molecule has 0 spiro atoms. The number of carbonyl (C=O) groups excluding carboxylic acids is 1. The van der Waals surface area contributed by atoms with Crippen molar-refractivity contribution in [2.45, 2.75) is 20.8 Å². The van der Waals surface area contributed by atoms with Gasteiger partial charge < -0.3 is 0 Å². The molecule has 1 aliphatic rings. The van der Waals surface area contributed by atoms with E-state index in [0.29, 0.717) is 0 Å². The van der Waals surface area contributed by atoms with Gasteiger partial charge in [-0.15, -0.1) is 0 Å². The van der Waals surface area contributed by atoms with E-state index < -0.39 is 0 Å². The summed E-state index contributed by atoms with van der Waals surface area (Å²) >= 11 is 0. The molecule has 124 valence electrons. The molecule has 0 amide bonds. The molecule has 0 fully saturated rings. The number of azo groups is 1. The van der Waals surface area contributed by atoms with Crippen LogP contribution >= 0.6 is 0 Å². The zero-order valence-electron chi connectivity index (χ0n) is 14.7. The van der Waals surface area contributed by atoms with E-state index in [1.807, 2.05) is 50.3 Å². The van der Waals surface area contributed by atoms with Crippen LogP contribution in [0.3, 0.4) is 0 Å². The van der Waals surface area contributed by atoms with Crippen molar-refractivity contribution in [3.63, 3.8) is 0 Å². The van der Waals surface area contributed by atoms with E-state index in [1.165, 1.54) is 11.1 Å². The van der Waals surface area contributed by atoms with Crippen LogP contribution in [-0.4, -0.2) is 5.78 Å². The Morgan fingerprint density at radius 3 is 1.84 bits per heavy atom. The third-order valence-corrected chi connectivity index (χ3v) is 4.11. The molecule has 0 unspecified atom stereocenters. The third kappa shape index (κ3) is 4.07. The van der Waals surface area contributed by atoms with Gasteiger partial charge in [0, 0.05) is 0 Å². The van der Waals surface area contributed by atoms with Crippen molar-refractivity contribution >= 4 is 11.5 Å². The van der Waals surface area contributed by atoms with Crippen molar-refractivity contribution in [2.24, 2.45) is 10.2 Å². The van der Waals surface area contributed by atoms with Crippen molar-refractivity contribution in [1.29, 1.82) is 0 Å². The van der Waals surface area contributed by atoms with Gasteiger partial charge in [0.25, 0.3) is 0 Å². The molecule has 0 N–H and O–H groups in total. The maximum Gasteiger partial charge on any atom is 0.184 e. The lowest BCUT2D eigenvalue weighted by atomic mass is 9.96. The van der Waals surface area contributed by atoms with E-state index in [0.717, 1.165) is 28.0 Å². The first-order chi connectivity index (χ1) is 12.0. The van der Waals surface area contributed by atoms with E-state index in [-0.39, 0.29) is 5.78 Å². The second-order valence-corrected chi connectivity index (χ2v) is 6.24. The van der Waals surface area contributed by atoms with Gasteiger partial charge in [-0.3, -0.25) is 4.79 Å². The fraction of sp³-hybridized carbons (Fsp3) is 0.136. The second-order valence-electron chi connectivity index (χ2n) is 6.24. The highest BCUT2D eigenvalue weighted by atomic mass is 16.1. The lowest BCUT2D eigenvalue weighted by molar-refractivity contribution is -0.112. The molecule has 0 aromatic heterocycles. The first-order valence-electron chi connectivity index (χ1n) is 8.22. The molecule has 0 saturated carbocycles. The van der Waals surface area contributed by atoms with Gasteiger partial charge in [0.2, 0.25) is 0 Å². The molecule has 3 rings (SSSR count). The molecule has 0 heterocycles. The number of benzene rings is 2. The molecule has 0 saturated heterocycles. The fourth-order valence-electron chi connectivity index (χ4n) is 2.69. The maximum absolute atomic E-state index is 11.7. The summed E-state index contributed by atoms with van der Waals surface area (Å²) in [5, 5.41) is 8.36. The highest BCUT2D eigenvalue weighted by Gasteiger charge is 2.12. The number of aryl methyl sites for hydroxylation is 1. The Balaban J connectivity index is 1.73. The van der Waals surface area contributed by atoms with Crippen molar-refractivity contribution in [1.82, 2.24) is 0 Å². The van der Waals surface area contributed by atoms with Crippen LogP contribution in [0.5, 0.6) is 0 Å². The van der Waals surface area contributed by atoms with Gasteiger partial charge >= 0.3 is 0 Å². The van der Waals surface area contributed by atoms with Crippen molar-refractivity contribution < 1.29 is 4.79 Å². The summed E-state index contributed by atoms with van der Waals surface area (Å²) in [5.74, 6) is 0.0841. The molecule has 0 bridgehead atoms. The van der Waals surface area contributed by atoms with E-state index >= 15 is 0 Å². The molecule has 0 atom stereocenters. The summed E-state index contributed by atoms with van der Waals surface area (Å²) in [4.78, 5) is 11.7. The Labute approximate surface area is 148 Å². The SMILES string of the molecule is CC1=CC(=CN=Nc2ccc(-c3ccc(C)cc3)cc2)C=C(C)C1=O. The molecular formula is C22H20N2O. The number of carbonyl (C=O) groups is 1. The summed E-state index contributed by atoms with van der Waals surface area (Å²) < 4.78 is 0. The monoisotopic (exact) mass is 328 g/mol. The Hall–Kier alpha value is -3.07. The van der Waals surface area contributed by atoms with Gasteiger partial charge in [0.05, 0.1) is 11.9 Å². The van der Waals surface area contributed by atoms with Crippen LogP contribution in [-0.2, 0) is 4.79 Å². The third-order valence-electron chi connectivity index (χ3n) is 4.11. The Kier molecular flexibility index (Phi) is 4.85. The standard InChI is InChI=1S/C22H20N2O/c1-15-4-6-19(7-5-15)20-8-10-21(11-9-20)24-23-14-18-12-16(2)22(25)17(3)13-18/h4-14H,1-3H3. The quantitative estimate of drug-likeness (QED) is 0.627. The molecule has 2 aromatic rings. The number of hydrogen-bond donors (Lipinski definition) is 0. The lowest BCUT2D eigenvalue weighted by Gasteiger charge is -2.08. The predicted molar refractivity (Wildman–Crippen MR) is 102 cm³/mol. The Morgan fingerprint density at radius 1 is 0.760 bits per heavy atom. The fourth-order valence-corrected chi connectivity index (χ4v) is 2.69. The smallest absolute Gasteiger partial charge is 0.184 e. The zero-order chi connectivity index (χ0) is 17.8. The van der Waals surface area contributed by atoms with E-state index in [1.54, 1.807) is 6.20 Å². The van der Waals surface area contributed by atoms with Crippen LogP contribution in [0.1, 0.15) is 19.4 Å². The van der Waals surface area contributed by atoms with Crippen LogP contribution in [0.2, 0.25) is 0 Å². The topological polar surface area (TPSA) is 41.8 Å². The molecule has 2 aromatic carbocycles. The van der Waals surface area contributed by atoms with Crippen LogP contribution in [0.25, 0.3) is 11.1 Å². The van der Waals surface area contributed by atoms with E-state index in [9.17, 15) is 4.79 Å². The number of hydrogen-bond acceptors (Lipinski definition) is 3. The van der Waals surface area contributed by atoms with Gasteiger partial charge in [0.1, 0.15) is 0 Å². The maximum atomic E-state index is 11.7. The van der Waals surface area contributed by atoms with Crippen molar-refractivity contribution in [3.8, 4) is 11.1 Å². The van der Waals surface area contributed by atoms with Crippen LogP contribution in [0, 0.1) is 6.92 Å². The average Bonchev–Trinajstić information content (AvgIpc) is 2.61. The van der Waals surface area contributed by atoms with E-state index in [4.69, 9.17) is 0 Å². The van der Waals surface area contributed by atoms with Gasteiger partial charge in [-0.2, -0.15) is 10.2 Å².